The zero-order valence-electron chi connectivity index (χ0n) is 9.20. The molecule has 0 fully saturated rings. The molecule has 0 bridgehead atoms. The van der Waals surface area contributed by atoms with Gasteiger partial charge in [-0.25, -0.2) is 0 Å². The summed E-state index contributed by atoms with van der Waals surface area (Å²) in [4.78, 5) is 0. The summed E-state index contributed by atoms with van der Waals surface area (Å²) >= 11 is 1.55. The Morgan fingerprint density at radius 1 is 1.22 bits per heavy atom. The smallest absolute Gasteiger partial charge is 0.416 e. The van der Waals surface area contributed by atoms with Crippen LogP contribution in [-0.2, 0) is 17.4 Å². The van der Waals surface area contributed by atoms with Gasteiger partial charge in [0, 0.05) is 0 Å². The summed E-state index contributed by atoms with van der Waals surface area (Å²) in [7, 11) is 0. The maximum atomic E-state index is 12.6. The Hall–Kier alpha value is -1.27. The second-order valence-electron chi connectivity index (χ2n) is 4.16. The summed E-state index contributed by atoms with van der Waals surface area (Å²) in [6.07, 6.45) is -4.30. The predicted octanol–water partition coefficient (Wildman–Crippen LogP) is 2.40. The summed E-state index contributed by atoms with van der Waals surface area (Å²) in [6, 6.07) is 5.75. The van der Waals surface area contributed by atoms with Gasteiger partial charge in [0.05, 0.1) is 12.2 Å². The van der Waals surface area contributed by atoms with Crippen molar-refractivity contribution in [2.75, 3.05) is 0 Å². The molecule has 2 aromatic rings. The summed E-state index contributed by atoms with van der Waals surface area (Å²) < 4.78 is 43.3. The van der Waals surface area contributed by atoms with Crippen LogP contribution in [0.25, 0.3) is 0 Å². The first-order chi connectivity index (χ1) is 8.55. The lowest BCUT2D eigenvalue weighted by Crippen LogP contribution is -2.40. The van der Waals surface area contributed by atoms with Crippen molar-refractivity contribution in [3.63, 3.8) is 0 Å². The summed E-state index contributed by atoms with van der Waals surface area (Å²) in [5.41, 5.74) is 1.84. The number of benzene rings is 1. The lowest BCUT2D eigenvalue weighted by Gasteiger charge is -2.08. The van der Waals surface area contributed by atoms with Gasteiger partial charge in [-0.05, 0) is 33.3 Å². The molecule has 18 heavy (non-hydrogen) atoms. The quantitative estimate of drug-likeness (QED) is 0.722. The molecule has 1 aromatic carbocycles. The first-order valence-corrected chi connectivity index (χ1v) is 6.34. The predicted molar refractivity (Wildman–Crippen MR) is 65.6 cm³/mol. The van der Waals surface area contributed by atoms with E-state index < -0.39 is 11.7 Å². The van der Waals surface area contributed by atoms with Crippen LogP contribution < -0.4 is 10.9 Å². The Labute approximate surface area is 106 Å². The molecule has 0 radical (unpaired) electrons. The van der Waals surface area contributed by atoms with E-state index in [4.69, 9.17) is 4.65 Å². The van der Waals surface area contributed by atoms with Crippen LogP contribution >= 0.6 is 11.3 Å². The fourth-order valence-corrected chi connectivity index (χ4v) is 2.80. The lowest BCUT2D eigenvalue weighted by molar-refractivity contribution is -0.137. The number of rotatable bonds is 1. The molecule has 0 amide bonds. The van der Waals surface area contributed by atoms with Gasteiger partial charge >= 0.3 is 13.1 Å². The van der Waals surface area contributed by atoms with Crippen molar-refractivity contribution in [1.29, 1.82) is 0 Å². The molecule has 2 heterocycles. The molecule has 0 unspecified atom stereocenters. The molecule has 1 aliphatic heterocycles. The van der Waals surface area contributed by atoms with E-state index in [0.717, 1.165) is 17.0 Å². The van der Waals surface area contributed by atoms with Crippen LogP contribution in [0.5, 0.6) is 0 Å². The van der Waals surface area contributed by atoms with E-state index in [0.29, 0.717) is 5.56 Å². The van der Waals surface area contributed by atoms with Crippen LogP contribution in [0.3, 0.4) is 0 Å². The molecule has 0 atom stereocenters. The van der Waals surface area contributed by atoms with Crippen LogP contribution in [-0.4, -0.2) is 6.92 Å². The summed E-state index contributed by atoms with van der Waals surface area (Å²) in [5, 5.41) is 3.89. The number of alkyl halides is 3. The van der Waals surface area contributed by atoms with E-state index in [9.17, 15) is 13.2 Å². The molecular formula is C12H8BF3OS. The van der Waals surface area contributed by atoms with Crippen molar-refractivity contribution in [2.24, 2.45) is 0 Å². The Bertz CT molecular complexity index is 565. The van der Waals surface area contributed by atoms with Crippen LogP contribution in [0, 0.1) is 0 Å². The average Bonchev–Trinajstić information content (AvgIpc) is 2.95. The molecule has 92 valence electrons. The SMILES string of the molecule is FC(F)(F)c1ccc2c(c1)COB2c1ccsc1. The van der Waals surface area contributed by atoms with Gasteiger partial charge in [0.2, 0.25) is 0 Å². The zero-order valence-corrected chi connectivity index (χ0v) is 10.0. The molecule has 0 saturated carbocycles. The second-order valence-corrected chi connectivity index (χ2v) is 4.94. The number of halogens is 3. The van der Waals surface area contributed by atoms with E-state index in [1.54, 1.807) is 11.3 Å². The van der Waals surface area contributed by atoms with E-state index in [2.05, 4.69) is 0 Å². The molecule has 0 aliphatic carbocycles. The highest BCUT2D eigenvalue weighted by atomic mass is 32.1. The van der Waals surface area contributed by atoms with E-state index in [1.807, 2.05) is 16.8 Å². The highest BCUT2D eigenvalue weighted by molar-refractivity contribution is 7.09. The van der Waals surface area contributed by atoms with Crippen molar-refractivity contribution in [3.05, 3.63) is 46.2 Å². The molecule has 3 rings (SSSR count). The minimum atomic E-state index is -4.30. The minimum absolute atomic E-state index is 0.228. The molecule has 1 nitrogen and oxygen atoms in total. The van der Waals surface area contributed by atoms with Gasteiger partial charge in [0.1, 0.15) is 0 Å². The first kappa shape index (κ1) is 11.8. The third-order valence-electron chi connectivity index (χ3n) is 3.00. The fraction of sp³-hybridized carbons (Fsp3) is 0.167. The van der Waals surface area contributed by atoms with Gasteiger partial charge in [0.15, 0.2) is 0 Å². The van der Waals surface area contributed by atoms with Crippen LogP contribution in [0.4, 0.5) is 13.2 Å². The van der Waals surface area contributed by atoms with Crippen molar-refractivity contribution >= 4 is 29.2 Å². The summed E-state index contributed by atoms with van der Waals surface area (Å²) in [6.45, 7) is 0.00767. The molecular weight excluding hydrogens is 260 g/mol. The normalized spacial score (nSPS) is 14.9. The number of fused-ring (bicyclic) bond motifs is 1. The van der Waals surface area contributed by atoms with Crippen molar-refractivity contribution in [2.45, 2.75) is 12.8 Å². The number of hydrogen-bond acceptors (Lipinski definition) is 2. The van der Waals surface area contributed by atoms with Gasteiger partial charge in [-0.1, -0.05) is 18.2 Å². The molecule has 0 spiro atoms. The minimum Gasteiger partial charge on any atom is -0.423 e. The second kappa shape index (κ2) is 4.14. The first-order valence-electron chi connectivity index (χ1n) is 5.39. The van der Waals surface area contributed by atoms with Gasteiger partial charge < -0.3 is 4.65 Å². The summed E-state index contributed by atoms with van der Waals surface area (Å²) in [5.74, 6) is 0. The molecule has 0 N–H and O–H groups in total. The zero-order chi connectivity index (χ0) is 12.8. The van der Waals surface area contributed by atoms with E-state index >= 15 is 0 Å². The third-order valence-corrected chi connectivity index (χ3v) is 3.71. The van der Waals surface area contributed by atoms with Gasteiger partial charge in [0.25, 0.3) is 0 Å². The highest BCUT2D eigenvalue weighted by Gasteiger charge is 2.35. The Morgan fingerprint density at radius 3 is 2.72 bits per heavy atom. The lowest BCUT2D eigenvalue weighted by atomic mass is 9.57. The van der Waals surface area contributed by atoms with Gasteiger partial charge in [-0.15, -0.1) is 0 Å². The van der Waals surface area contributed by atoms with Crippen LogP contribution in [0.15, 0.2) is 35.0 Å². The molecule has 1 aromatic heterocycles. The third kappa shape index (κ3) is 1.95. The molecule has 1 aliphatic rings. The van der Waals surface area contributed by atoms with Gasteiger partial charge in [-0.2, -0.15) is 24.5 Å². The fourth-order valence-electron chi connectivity index (χ4n) is 2.13. The topological polar surface area (TPSA) is 9.23 Å². The van der Waals surface area contributed by atoms with Crippen molar-refractivity contribution in [3.8, 4) is 0 Å². The highest BCUT2D eigenvalue weighted by Crippen LogP contribution is 2.30. The monoisotopic (exact) mass is 268 g/mol. The maximum Gasteiger partial charge on any atom is 0.416 e. The van der Waals surface area contributed by atoms with Crippen LogP contribution in [0.1, 0.15) is 11.1 Å². The Balaban J connectivity index is 1.99. The largest absolute Gasteiger partial charge is 0.423 e. The number of hydrogen-bond donors (Lipinski definition) is 0. The standard InChI is InChI=1S/C12H8BF3OS/c14-12(15,16)9-1-2-11-8(5-9)6-17-13(11)10-3-4-18-7-10/h1-5,7H,6H2. The van der Waals surface area contributed by atoms with Crippen molar-refractivity contribution < 1.29 is 17.8 Å². The van der Waals surface area contributed by atoms with E-state index in [-0.39, 0.29) is 13.5 Å². The van der Waals surface area contributed by atoms with Crippen LogP contribution in [0.2, 0.25) is 0 Å². The average molecular weight is 268 g/mol. The van der Waals surface area contributed by atoms with Crippen molar-refractivity contribution in [1.82, 2.24) is 0 Å². The molecule has 0 saturated heterocycles. The Kier molecular flexibility index (Phi) is 2.71. The van der Waals surface area contributed by atoms with Gasteiger partial charge in [-0.3, -0.25) is 0 Å². The van der Waals surface area contributed by atoms with E-state index in [1.165, 1.54) is 12.1 Å². The molecule has 6 heteroatoms. The number of thiophene rings is 1. The Morgan fingerprint density at radius 2 is 2.06 bits per heavy atom. The maximum absolute atomic E-state index is 12.6.